The number of nitrogens with two attached hydrogens (primary N) is 1. The van der Waals surface area contributed by atoms with E-state index in [1.807, 2.05) is 54.6 Å². The molecular weight excluding hydrogens is 589 g/mol. The topological polar surface area (TPSA) is 120 Å². The van der Waals surface area contributed by atoms with Crippen LogP contribution in [-0.4, -0.2) is 59.6 Å². The molecule has 3 rings (SSSR count). The lowest BCUT2D eigenvalue weighted by Gasteiger charge is -2.30. The third-order valence-electron chi connectivity index (χ3n) is 6.13. The minimum atomic E-state index is -0.872. The van der Waals surface area contributed by atoms with Crippen LogP contribution in [0.15, 0.2) is 83.8 Å². The normalized spacial score (nSPS) is 12.4. The van der Waals surface area contributed by atoms with Gasteiger partial charge in [-0.25, -0.2) is 8.70 Å². The first-order valence-electron chi connectivity index (χ1n) is 15.4. The van der Waals surface area contributed by atoms with E-state index in [-0.39, 0.29) is 24.8 Å². The Hall–Kier alpha value is -3.44. The van der Waals surface area contributed by atoms with Gasteiger partial charge >= 0.3 is 0 Å². The van der Waals surface area contributed by atoms with Gasteiger partial charge in [0.1, 0.15) is 5.82 Å². The second-order valence-electron chi connectivity index (χ2n) is 12.1. The van der Waals surface area contributed by atoms with Crippen molar-refractivity contribution in [2.24, 2.45) is 11.8 Å². The van der Waals surface area contributed by atoms with Crippen molar-refractivity contribution >= 4 is 29.4 Å². The SMILES string of the molecule is CC(C)C.CC(C)CN(CC(O)C(Cc1ccccc1)NC(=O)CNC(=O)CNCc1cccc(F)c1)Sc1ccc(N)cc1. The highest BCUT2D eigenvalue weighted by atomic mass is 32.2. The largest absolute Gasteiger partial charge is 0.399 e. The van der Waals surface area contributed by atoms with Crippen LogP contribution >= 0.6 is 11.9 Å². The minimum Gasteiger partial charge on any atom is -0.399 e. The van der Waals surface area contributed by atoms with Gasteiger partial charge in [-0.15, -0.1) is 0 Å². The molecule has 3 aromatic rings. The molecule has 0 aliphatic heterocycles. The maximum atomic E-state index is 13.3. The zero-order chi connectivity index (χ0) is 33.2. The van der Waals surface area contributed by atoms with Crippen molar-refractivity contribution < 1.29 is 19.1 Å². The van der Waals surface area contributed by atoms with Crippen molar-refractivity contribution in [2.45, 2.75) is 64.6 Å². The Labute approximate surface area is 272 Å². The van der Waals surface area contributed by atoms with Crippen molar-refractivity contribution in [1.82, 2.24) is 20.3 Å². The smallest absolute Gasteiger partial charge is 0.239 e. The molecule has 0 radical (unpaired) electrons. The second-order valence-corrected chi connectivity index (χ2v) is 13.2. The molecule has 45 heavy (non-hydrogen) atoms. The number of aliphatic hydroxyl groups is 1. The summed E-state index contributed by atoms with van der Waals surface area (Å²) in [5.74, 6) is 0.0917. The third-order valence-corrected chi connectivity index (χ3v) is 7.17. The summed E-state index contributed by atoms with van der Waals surface area (Å²) < 4.78 is 15.4. The van der Waals surface area contributed by atoms with E-state index in [2.05, 4.69) is 54.9 Å². The van der Waals surface area contributed by atoms with Gasteiger partial charge < -0.3 is 26.8 Å². The van der Waals surface area contributed by atoms with Crippen LogP contribution < -0.4 is 21.7 Å². The number of hydrogen-bond donors (Lipinski definition) is 5. The molecule has 0 spiro atoms. The highest BCUT2D eigenvalue weighted by Crippen LogP contribution is 2.25. The fourth-order valence-electron chi connectivity index (χ4n) is 4.19. The van der Waals surface area contributed by atoms with Gasteiger partial charge in [0.2, 0.25) is 11.8 Å². The van der Waals surface area contributed by atoms with Gasteiger partial charge in [0, 0.05) is 30.2 Å². The predicted molar refractivity (Wildman–Crippen MR) is 183 cm³/mol. The molecule has 0 bridgehead atoms. The fraction of sp³-hybridized carbons (Fsp3) is 0.429. The zero-order valence-electron chi connectivity index (χ0n) is 27.1. The lowest BCUT2D eigenvalue weighted by molar-refractivity contribution is -0.126. The first-order chi connectivity index (χ1) is 21.4. The van der Waals surface area contributed by atoms with E-state index in [1.165, 1.54) is 24.1 Å². The first-order valence-corrected chi connectivity index (χ1v) is 16.2. The van der Waals surface area contributed by atoms with Crippen molar-refractivity contribution in [1.29, 1.82) is 0 Å². The van der Waals surface area contributed by atoms with Crippen LogP contribution in [0.25, 0.3) is 0 Å². The summed E-state index contributed by atoms with van der Waals surface area (Å²) in [7, 11) is 0. The number of nitrogens with one attached hydrogen (secondary N) is 3. The van der Waals surface area contributed by atoms with Crippen LogP contribution in [0.2, 0.25) is 0 Å². The van der Waals surface area contributed by atoms with E-state index in [4.69, 9.17) is 5.73 Å². The van der Waals surface area contributed by atoms with Crippen LogP contribution in [0.3, 0.4) is 0 Å². The molecule has 2 atom stereocenters. The maximum absolute atomic E-state index is 13.3. The lowest BCUT2D eigenvalue weighted by atomic mass is 10.0. The van der Waals surface area contributed by atoms with E-state index in [1.54, 1.807) is 12.1 Å². The molecule has 8 nitrogen and oxygen atoms in total. The molecule has 10 heteroatoms. The van der Waals surface area contributed by atoms with Gasteiger partial charge in [0.05, 0.1) is 25.2 Å². The Balaban J connectivity index is 0.00000166. The number of amides is 2. The van der Waals surface area contributed by atoms with E-state index in [0.717, 1.165) is 22.9 Å². The van der Waals surface area contributed by atoms with Crippen LogP contribution in [0, 0.1) is 17.7 Å². The average molecular weight is 640 g/mol. The lowest BCUT2D eigenvalue weighted by Crippen LogP contribution is -2.51. The average Bonchev–Trinajstić information content (AvgIpc) is 2.97. The monoisotopic (exact) mass is 639 g/mol. The van der Waals surface area contributed by atoms with E-state index < -0.39 is 18.1 Å². The molecule has 0 heterocycles. The molecule has 6 N–H and O–H groups in total. The number of halogens is 1. The van der Waals surface area contributed by atoms with Gasteiger partial charge in [-0.1, -0.05) is 77.1 Å². The number of nitrogen functional groups attached to an aromatic ring is 1. The predicted octanol–water partition coefficient (Wildman–Crippen LogP) is 5.03. The van der Waals surface area contributed by atoms with Crippen LogP contribution in [0.5, 0.6) is 0 Å². The van der Waals surface area contributed by atoms with Gasteiger partial charge in [0.15, 0.2) is 0 Å². The summed E-state index contributed by atoms with van der Waals surface area (Å²) >= 11 is 1.54. The summed E-state index contributed by atoms with van der Waals surface area (Å²) in [4.78, 5) is 26.1. The first kappa shape index (κ1) is 37.7. The van der Waals surface area contributed by atoms with Crippen molar-refractivity contribution in [3.05, 3.63) is 95.8 Å². The number of nitrogens with zero attached hydrogens (tertiary/aromatic N) is 1. The number of carbonyl (C=O) groups is 2. The molecule has 2 amide bonds. The van der Waals surface area contributed by atoms with Crippen LogP contribution in [0.1, 0.15) is 45.7 Å². The fourth-order valence-corrected chi connectivity index (χ4v) is 5.34. The Kier molecular flexibility index (Phi) is 17.2. The quantitative estimate of drug-likeness (QED) is 0.110. The van der Waals surface area contributed by atoms with Crippen molar-refractivity contribution in [2.75, 3.05) is 31.9 Å². The van der Waals surface area contributed by atoms with Crippen LogP contribution in [0.4, 0.5) is 10.1 Å². The van der Waals surface area contributed by atoms with Gasteiger partial charge in [-0.05, 0) is 77.7 Å². The van der Waals surface area contributed by atoms with Crippen molar-refractivity contribution in [3.8, 4) is 0 Å². The molecule has 0 aromatic heterocycles. The summed E-state index contributed by atoms with van der Waals surface area (Å²) in [5.41, 5.74) is 8.21. The molecule has 246 valence electrons. The third kappa shape index (κ3) is 17.0. The number of aliphatic hydroxyl groups excluding tert-OH is 1. The summed E-state index contributed by atoms with van der Waals surface area (Å²) in [6, 6.07) is 22.8. The standard InChI is InChI=1S/C31H40FN5O3S.C4H10/c1-22(2)20-37(41-27-13-11-26(33)12-14-27)21-29(38)28(16-23-7-4-3-5-8-23)36-31(40)19-35-30(39)18-34-17-24-9-6-10-25(32)15-24;1-4(2)3/h3-15,22,28-29,34,38H,16-21,33H2,1-2H3,(H,35,39)(H,36,40);4H,1-3H3. The number of hydrogen-bond acceptors (Lipinski definition) is 7. The molecule has 0 fully saturated rings. The van der Waals surface area contributed by atoms with E-state index in [9.17, 15) is 19.1 Å². The summed E-state index contributed by atoms with van der Waals surface area (Å²) in [6.07, 6.45) is -0.443. The number of rotatable bonds is 16. The van der Waals surface area contributed by atoms with E-state index >= 15 is 0 Å². The Bertz CT molecular complexity index is 1280. The minimum absolute atomic E-state index is 0.0214. The second kappa shape index (κ2) is 20.6. The molecule has 3 aromatic carbocycles. The molecule has 0 aliphatic carbocycles. The highest BCUT2D eigenvalue weighted by Gasteiger charge is 2.25. The summed E-state index contributed by atoms with van der Waals surface area (Å²) in [5, 5.41) is 19.8. The maximum Gasteiger partial charge on any atom is 0.239 e. The summed E-state index contributed by atoms with van der Waals surface area (Å²) in [6.45, 7) is 11.9. The van der Waals surface area contributed by atoms with Gasteiger partial charge in [-0.2, -0.15) is 0 Å². The molecular formula is C35H50FN5O3S. The zero-order valence-corrected chi connectivity index (χ0v) is 27.9. The van der Waals surface area contributed by atoms with Crippen molar-refractivity contribution in [3.63, 3.8) is 0 Å². The molecule has 0 aliphatic rings. The van der Waals surface area contributed by atoms with Gasteiger partial charge in [-0.3, -0.25) is 9.59 Å². The Morgan fingerprint density at radius 1 is 0.867 bits per heavy atom. The molecule has 0 saturated heterocycles. The highest BCUT2D eigenvalue weighted by molar-refractivity contribution is 7.97. The van der Waals surface area contributed by atoms with E-state index in [0.29, 0.717) is 36.7 Å². The van der Waals surface area contributed by atoms with Crippen LogP contribution in [-0.2, 0) is 22.6 Å². The number of carbonyl (C=O) groups excluding carboxylic acids is 2. The number of benzene rings is 3. The Morgan fingerprint density at radius 2 is 1.51 bits per heavy atom. The molecule has 2 unspecified atom stereocenters. The van der Waals surface area contributed by atoms with Gasteiger partial charge in [0.25, 0.3) is 0 Å². The Morgan fingerprint density at radius 3 is 2.13 bits per heavy atom. The number of anilines is 1. The molecule has 0 saturated carbocycles.